The summed E-state index contributed by atoms with van der Waals surface area (Å²) in [6.07, 6.45) is 1.85. The summed E-state index contributed by atoms with van der Waals surface area (Å²) >= 11 is 0. The summed E-state index contributed by atoms with van der Waals surface area (Å²) in [5.74, 6) is -1.73. The van der Waals surface area contributed by atoms with Crippen molar-refractivity contribution in [3.05, 3.63) is 29.8 Å². The smallest absolute Gasteiger partial charge is 0.243 e. The van der Waals surface area contributed by atoms with Gasteiger partial charge in [-0.05, 0) is 43.0 Å². The fraction of sp³-hybridized carbons (Fsp3) is 0.538. The monoisotopic (exact) mass is 340 g/mol. The van der Waals surface area contributed by atoms with E-state index in [1.807, 2.05) is 6.92 Å². The maximum atomic E-state index is 13.5. The van der Waals surface area contributed by atoms with Crippen molar-refractivity contribution >= 4 is 22.4 Å². The topological polar surface area (TPSA) is 58.2 Å². The van der Waals surface area contributed by atoms with Gasteiger partial charge in [-0.15, -0.1) is 12.4 Å². The third-order valence-electron chi connectivity index (χ3n) is 3.56. The average Bonchev–Trinajstić information content (AvgIpc) is 2.40. The largest absolute Gasteiger partial charge is 0.316 e. The molecule has 1 unspecified atom stereocenters. The molecule has 1 aromatic carbocycles. The molecule has 0 radical (unpaired) electrons. The SMILES string of the molecule is CC1(CNS(=O)(=O)c2cc(F)ccc2F)CCCNC1.Cl. The number of hydrogen-bond acceptors (Lipinski definition) is 3. The van der Waals surface area contributed by atoms with E-state index in [-0.39, 0.29) is 24.4 Å². The van der Waals surface area contributed by atoms with Gasteiger partial charge in [0.25, 0.3) is 0 Å². The van der Waals surface area contributed by atoms with Crippen LogP contribution in [0.15, 0.2) is 23.1 Å². The summed E-state index contributed by atoms with van der Waals surface area (Å²) in [4.78, 5) is -0.648. The van der Waals surface area contributed by atoms with Crippen LogP contribution >= 0.6 is 12.4 Å². The lowest BCUT2D eigenvalue weighted by atomic mass is 9.83. The lowest BCUT2D eigenvalue weighted by molar-refractivity contribution is 0.238. The molecule has 0 bridgehead atoms. The van der Waals surface area contributed by atoms with Gasteiger partial charge in [-0.3, -0.25) is 0 Å². The van der Waals surface area contributed by atoms with Crippen molar-refractivity contribution in [2.45, 2.75) is 24.7 Å². The van der Waals surface area contributed by atoms with Crippen LogP contribution in [0.5, 0.6) is 0 Å². The first-order valence-electron chi connectivity index (χ1n) is 6.48. The number of rotatable bonds is 4. The number of sulfonamides is 1. The quantitative estimate of drug-likeness (QED) is 0.882. The van der Waals surface area contributed by atoms with Gasteiger partial charge >= 0.3 is 0 Å². The molecular weight excluding hydrogens is 322 g/mol. The van der Waals surface area contributed by atoms with Gasteiger partial charge in [-0.1, -0.05) is 6.92 Å². The Bertz CT molecular complexity index is 590. The van der Waals surface area contributed by atoms with Crippen molar-refractivity contribution in [3.8, 4) is 0 Å². The first-order chi connectivity index (χ1) is 9.32. The Balaban J connectivity index is 0.00000220. The minimum Gasteiger partial charge on any atom is -0.316 e. The van der Waals surface area contributed by atoms with E-state index >= 15 is 0 Å². The third-order valence-corrected chi connectivity index (χ3v) is 4.97. The second-order valence-electron chi connectivity index (χ2n) is 5.49. The van der Waals surface area contributed by atoms with Crippen LogP contribution in [0, 0.1) is 17.0 Å². The van der Waals surface area contributed by atoms with E-state index in [0.717, 1.165) is 31.5 Å². The van der Waals surface area contributed by atoms with Crippen LogP contribution in [-0.2, 0) is 10.0 Å². The van der Waals surface area contributed by atoms with Gasteiger partial charge in [0, 0.05) is 13.1 Å². The summed E-state index contributed by atoms with van der Waals surface area (Å²) in [7, 11) is -4.04. The van der Waals surface area contributed by atoms with E-state index in [9.17, 15) is 17.2 Å². The number of nitrogens with one attached hydrogen (secondary N) is 2. The molecule has 21 heavy (non-hydrogen) atoms. The van der Waals surface area contributed by atoms with Crippen molar-refractivity contribution in [2.75, 3.05) is 19.6 Å². The van der Waals surface area contributed by atoms with Crippen LogP contribution in [0.3, 0.4) is 0 Å². The molecule has 2 N–H and O–H groups in total. The van der Waals surface area contributed by atoms with Gasteiger partial charge in [0.05, 0.1) is 0 Å². The fourth-order valence-electron chi connectivity index (χ4n) is 2.30. The van der Waals surface area contributed by atoms with Crippen molar-refractivity contribution in [1.82, 2.24) is 10.0 Å². The molecule has 4 nitrogen and oxygen atoms in total. The molecular formula is C13H19ClF2N2O2S. The summed E-state index contributed by atoms with van der Waals surface area (Å²) in [5.41, 5.74) is -0.213. The van der Waals surface area contributed by atoms with Gasteiger partial charge < -0.3 is 5.32 Å². The Morgan fingerprint density at radius 1 is 1.38 bits per heavy atom. The maximum Gasteiger partial charge on any atom is 0.243 e. The number of halogens is 3. The first kappa shape index (κ1) is 18.3. The summed E-state index contributed by atoms with van der Waals surface area (Å²) in [5, 5.41) is 3.20. The molecule has 1 aliphatic rings. The van der Waals surface area contributed by atoms with Crippen LogP contribution < -0.4 is 10.0 Å². The van der Waals surface area contributed by atoms with Gasteiger partial charge in [-0.25, -0.2) is 21.9 Å². The minimum atomic E-state index is -4.04. The van der Waals surface area contributed by atoms with Gasteiger partial charge in [0.15, 0.2) is 0 Å². The Labute approximate surface area is 129 Å². The summed E-state index contributed by atoms with van der Waals surface area (Å²) in [6, 6.07) is 2.40. The lowest BCUT2D eigenvalue weighted by Crippen LogP contribution is -2.45. The van der Waals surface area contributed by atoms with E-state index in [1.165, 1.54) is 0 Å². The van der Waals surface area contributed by atoms with Crippen molar-refractivity contribution in [3.63, 3.8) is 0 Å². The van der Waals surface area contributed by atoms with E-state index in [4.69, 9.17) is 0 Å². The zero-order valence-electron chi connectivity index (χ0n) is 11.7. The number of hydrogen-bond donors (Lipinski definition) is 2. The zero-order chi connectivity index (χ0) is 14.8. The molecule has 8 heteroatoms. The molecule has 1 saturated heterocycles. The zero-order valence-corrected chi connectivity index (χ0v) is 13.3. The van der Waals surface area contributed by atoms with E-state index in [2.05, 4.69) is 10.0 Å². The highest BCUT2D eigenvalue weighted by Gasteiger charge is 2.29. The third kappa shape index (κ3) is 4.60. The summed E-state index contributed by atoms with van der Waals surface area (Å²) in [6.45, 7) is 3.77. The molecule has 1 fully saturated rings. The molecule has 1 heterocycles. The van der Waals surface area contributed by atoms with Crippen LogP contribution in [0.4, 0.5) is 8.78 Å². The molecule has 1 aliphatic heterocycles. The van der Waals surface area contributed by atoms with Crippen LogP contribution in [0.1, 0.15) is 19.8 Å². The Hall–Kier alpha value is -0.760. The molecule has 0 aliphatic carbocycles. The van der Waals surface area contributed by atoms with Crippen molar-refractivity contribution < 1.29 is 17.2 Å². The van der Waals surface area contributed by atoms with E-state index in [1.54, 1.807) is 0 Å². The van der Waals surface area contributed by atoms with Gasteiger partial charge in [0.2, 0.25) is 10.0 Å². The van der Waals surface area contributed by atoms with E-state index in [0.29, 0.717) is 12.6 Å². The Morgan fingerprint density at radius 2 is 2.10 bits per heavy atom. The average molecular weight is 341 g/mol. The highest BCUT2D eigenvalue weighted by atomic mass is 35.5. The number of benzene rings is 1. The van der Waals surface area contributed by atoms with Crippen LogP contribution in [-0.4, -0.2) is 28.1 Å². The Morgan fingerprint density at radius 3 is 2.71 bits per heavy atom. The van der Waals surface area contributed by atoms with E-state index < -0.39 is 26.6 Å². The first-order valence-corrected chi connectivity index (χ1v) is 7.96. The predicted octanol–water partition coefficient (Wildman–Crippen LogP) is 2.05. The molecule has 0 aromatic heterocycles. The second-order valence-corrected chi connectivity index (χ2v) is 7.23. The van der Waals surface area contributed by atoms with Crippen LogP contribution in [0.25, 0.3) is 0 Å². The second kappa shape index (κ2) is 7.00. The Kier molecular flexibility index (Phi) is 6.10. The lowest BCUT2D eigenvalue weighted by Gasteiger charge is -2.34. The highest BCUT2D eigenvalue weighted by molar-refractivity contribution is 7.89. The van der Waals surface area contributed by atoms with Crippen LogP contribution in [0.2, 0.25) is 0 Å². The van der Waals surface area contributed by atoms with Crippen molar-refractivity contribution in [1.29, 1.82) is 0 Å². The standard InChI is InChI=1S/C13H18F2N2O2S.ClH/c1-13(5-2-6-16-8-13)9-17-20(18,19)12-7-10(14)3-4-11(12)15;/h3-4,7,16-17H,2,5-6,8-9H2,1H3;1H. The normalized spacial score (nSPS) is 22.6. The molecule has 0 spiro atoms. The fourth-order valence-corrected chi connectivity index (χ4v) is 3.59. The molecule has 2 rings (SSSR count). The van der Waals surface area contributed by atoms with Crippen molar-refractivity contribution in [2.24, 2.45) is 5.41 Å². The molecule has 0 saturated carbocycles. The molecule has 1 aromatic rings. The summed E-state index contributed by atoms with van der Waals surface area (Å²) < 4.78 is 53.1. The minimum absolute atomic E-state index is 0. The van der Waals surface area contributed by atoms with Gasteiger partial charge in [-0.2, -0.15) is 0 Å². The predicted molar refractivity (Wildman–Crippen MR) is 79.0 cm³/mol. The number of piperidine rings is 1. The van der Waals surface area contributed by atoms with Gasteiger partial charge in [0.1, 0.15) is 16.5 Å². The highest BCUT2D eigenvalue weighted by Crippen LogP contribution is 2.25. The molecule has 0 amide bonds. The molecule has 120 valence electrons. The molecule has 1 atom stereocenters. The maximum absolute atomic E-state index is 13.5.